The predicted octanol–water partition coefficient (Wildman–Crippen LogP) is 2.85. The molecule has 1 unspecified atom stereocenters. The third kappa shape index (κ3) is 1.63. The zero-order valence-electron chi connectivity index (χ0n) is 8.90. The number of hydrogen-bond donors (Lipinski definition) is 0. The van der Waals surface area contributed by atoms with Crippen LogP contribution in [0.3, 0.4) is 0 Å². The average molecular weight is 224 g/mol. The topological polar surface area (TPSA) is 20.3 Å². The van der Waals surface area contributed by atoms with Crippen molar-refractivity contribution in [3.05, 3.63) is 28.8 Å². The fourth-order valence-corrected chi connectivity index (χ4v) is 2.45. The molecule has 0 radical (unpaired) electrons. The van der Waals surface area contributed by atoms with Crippen LogP contribution in [0, 0.1) is 0 Å². The van der Waals surface area contributed by atoms with Gasteiger partial charge in [0, 0.05) is 28.9 Å². The molecule has 3 heteroatoms. The molecule has 0 amide bonds. The van der Waals surface area contributed by atoms with E-state index in [1.807, 2.05) is 18.2 Å². The molecule has 0 bridgehead atoms. The van der Waals surface area contributed by atoms with Crippen LogP contribution in [-0.4, -0.2) is 18.9 Å². The van der Waals surface area contributed by atoms with Crippen LogP contribution in [0.2, 0.25) is 5.02 Å². The van der Waals surface area contributed by atoms with Crippen LogP contribution < -0.4 is 4.90 Å². The minimum atomic E-state index is -0.0731. The van der Waals surface area contributed by atoms with Gasteiger partial charge in [0.1, 0.15) is 6.29 Å². The second-order valence-corrected chi connectivity index (χ2v) is 4.57. The van der Waals surface area contributed by atoms with Gasteiger partial charge in [-0.3, -0.25) is 0 Å². The molecule has 0 fully saturated rings. The van der Waals surface area contributed by atoms with Crippen molar-refractivity contribution < 1.29 is 4.79 Å². The second kappa shape index (κ2) is 3.86. The molecular weight excluding hydrogens is 210 g/mol. The Morgan fingerprint density at radius 3 is 2.87 bits per heavy atom. The summed E-state index contributed by atoms with van der Waals surface area (Å²) in [5.74, 6) is -0.0731. The van der Waals surface area contributed by atoms with Crippen LogP contribution in [0.5, 0.6) is 0 Å². The Bertz CT molecular complexity index is 389. The molecule has 0 saturated heterocycles. The van der Waals surface area contributed by atoms with Gasteiger partial charge in [-0.15, -0.1) is 0 Å². The van der Waals surface area contributed by atoms with E-state index < -0.39 is 0 Å². The number of hydrogen-bond acceptors (Lipinski definition) is 2. The Labute approximate surface area is 94.8 Å². The largest absolute Gasteiger partial charge is 0.368 e. The summed E-state index contributed by atoms with van der Waals surface area (Å²) < 4.78 is 0. The molecule has 80 valence electrons. The van der Waals surface area contributed by atoms with Gasteiger partial charge >= 0.3 is 0 Å². The maximum absolute atomic E-state index is 11.0. The first-order valence-corrected chi connectivity index (χ1v) is 5.53. The summed E-state index contributed by atoms with van der Waals surface area (Å²) in [5.41, 5.74) is 2.09. The third-order valence-corrected chi connectivity index (χ3v) is 3.22. The van der Waals surface area contributed by atoms with Crippen LogP contribution in [0.1, 0.15) is 25.3 Å². The van der Waals surface area contributed by atoms with E-state index >= 15 is 0 Å². The van der Waals surface area contributed by atoms with Gasteiger partial charge in [-0.2, -0.15) is 0 Å². The number of halogens is 1. The van der Waals surface area contributed by atoms with Gasteiger partial charge < -0.3 is 9.69 Å². The van der Waals surface area contributed by atoms with Crippen LogP contribution >= 0.6 is 11.6 Å². The first kappa shape index (κ1) is 10.5. The van der Waals surface area contributed by atoms with E-state index in [1.54, 1.807) is 0 Å². The van der Waals surface area contributed by atoms with Crippen molar-refractivity contribution in [1.29, 1.82) is 0 Å². The first-order chi connectivity index (χ1) is 7.15. The maximum Gasteiger partial charge on any atom is 0.129 e. The summed E-state index contributed by atoms with van der Waals surface area (Å²) >= 11 is 6.13. The van der Waals surface area contributed by atoms with E-state index in [4.69, 9.17) is 11.6 Å². The molecule has 1 aromatic carbocycles. The van der Waals surface area contributed by atoms with Crippen LogP contribution in [0.15, 0.2) is 18.2 Å². The van der Waals surface area contributed by atoms with Crippen molar-refractivity contribution in [3.63, 3.8) is 0 Å². The highest BCUT2D eigenvalue weighted by atomic mass is 35.5. The fourth-order valence-electron chi connectivity index (χ4n) is 2.14. The Morgan fingerprint density at radius 1 is 1.53 bits per heavy atom. The minimum absolute atomic E-state index is 0.0731. The highest BCUT2D eigenvalue weighted by Gasteiger charge is 2.31. The summed E-state index contributed by atoms with van der Waals surface area (Å²) in [4.78, 5) is 13.2. The van der Waals surface area contributed by atoms with Crippen LogP contribution in [-0.2, 0) is 4.79 Å². The number of rotatable bonds is 2. The zero-order valence-corrected chi connectivity index (χ0v) is 9.66. The Kier molecular flexibility index (Phi) is 2.70. The van der Waals surface area contributed by atoms with Gasteiger partial charge in [0.15, 0.2) is 0 Å². The molecule has 2 rings (SSSR count). The van der Waals surface area contributed by atoms with Gasteiger partial charge in [0.25, 0.3) is 0 Å². The van der Waals surface area contributed by atoms with E-state index in [0.717, 1.165) is 24.1 Å². The fraction of sp³-hybridized carbons (Fsp3) is 0.417. The summed E-state index contributed by atoms with van der Waals surface area (Å²) in [6, 6.07) is 6.21. The van der Waals surface area contributed by atoms with Gasteiger partial charge in [-0.25, -0.2) is 0 Å². The molecule has 1 aliphatic rings. The number of aldehydes is 1. The van der Waals surface area contributed by atoms with Crippen molar-refractivity contribution >= 4 is 23.6 Å². The lowest BCUT2D eigenvalue weighted by molar-refractivity contribution is -0.108. The monoisotopic (exact) mass is 223 g/mol. The molecule has 0 N–H and O–H groups in total. The highest BCUT2D eigenvalue weighted by Crippen LogP contribution is 2.40. The van der Waals surface area contributed by atoms with Gasteiger partial charge in [0.2, 0.25) is 0 Å². The van der Waals surface area contributed by atoms with Crippen molar-refractivity contribution in [1.82, 2.24) is 0 Å². The number of anilines is 1. The highest BCUT2D eigenvalue weighted by molar-refractivity contribution is 6.32. The molecule has 0 aliphatic carbocycles. The van der Waals surface area contributed by atoms with Crippen molar-refractivity contribution in [2.45, 2.75) is 25.8 Å². The molecule has 0 spiro atoms. The van der Waals surface area contributed by atoms with E-state index in [0.29, 0.717) is 11.1 Å². The molecule has 0 aromatic heterocycles. The molecule has 1 heterocycles. The number of fused-ring (bicyclic) bond motifs is 1. The molecular formula is C12H14ClNO. The number of carbonyl (C=O) groups is 1. The Morgan fingerprint density at radius 2 is 2.27 bits per heavy atom. The molecule has 2 nitrogen and oxygen atoms in total. The third-order valence-electron chi connectivity index (χ3n) is 2.89. The van der Waals surface area contributed by atoms with E-state index in [1.165, 1.54) is 0 Å². The summed E-state index contributed by atoms with van der Waals surface area (Å²) in [5, 5.41) is 0.702. The summed E-state index contributed by atoms with van der Waals surface area (Å²) in [7, 11) is 0. The lowest BCUT2D eigenvalue weighted by Gasteiger charge is -2.24. The maximum atomic E-state index is 11.0. The number of benzene rings is 1. The van der Waals surface area contributed by atoms with Crippen molar-refractivity contribution in [3.8, 4) is 0 Å². The lowest BCUT2D eigenvalue weighted by Crippen LogP contribution is -2.29. The zero-order chi connectivity index (χ0) is 11.0. The normalized spacial score (nSPS) is 19.5. The predicted molar refractivity (Wildman–Crippen MR) is 62.7 cm³/mol. The van der Waals surface area contributed by atoms with Gasteiger partial charge in [-0.05, 0) is 26.0 Å². The Hall–Kier alpha value is -1.02. The first-order valence-electron chi connectivity index (χ1n) is 5.15. The lowest BCUT2D eigenvalue weighted by atomic mass is 10.0. The van der Waals surface area contributed by atoms with Crippen molar-refractivity contribution in [2.75, 3.05) is 11.4 Å². The quantitative estimate of drug-likeness (QED) is 0.719. The Balaban J connectivity index is 2.52. The van der Waals surface area contributed by atoms with Crippen LogP contribution in [0.4, 0.5) is 5.69 Å². The van der Waals surface area contributed by atoms with E-state index in [2.05, 4.69) is 18.7 Å². The molecule has 1 aliphatic heterocycles. The van der Waals surface area contributed by atoms with Gasteiger partial charge in [-0.1, -0.05) is 17.7 Å². The standard InChI is InChI=1S/C12H14ClNO/c1-8(2)14-6-9(7-15)12-10(13)4-3-5-11(12)14/h3-5,7-9H,6H2,1-2H3. The SMILES string of the molecule is CC(C)N1CC(C=O)c2c(Cl)cccc21. The molecule has 1 atom stereocenters. The van der Waals surface area contributed by atoms with E-state index in [9.17, 15) is 4.79 Å². The van der Waals surface area contributed by atoms with Crippen LogP contribution in [0.25, 0.3) is 0 Å². The van der Waals surface area contributed by atoms with Crippen molar-refractivity contribution in [2.24, 2.45) is 0 Å². The second-order valence-electron chi connectivity index (χ2n) is 4.16. The van der Waals surface area contributed by atoms with Gasteiger partial charge in [0.05, 0.1) is 5.92 Å². The molecule has 0 saturated carbocycles. The van der Waals surface area contributed by atoms with E-state index in [-0.39, 0.29) is 5.92 Å². The molecule has 15 heavy (non-hydrogen) atoms. The number of carbonyl (C=O) groups excluding carboxylic acids is 1. The average Bonchev–Trinajstić information content (AvgIpc) is 2.58. The summed E-state index contributed by atoms with van der Waals surface area (Å²) in [6.07, 6.45) is 0.993. The minimum Gasteiger partial charge on any atom is -0.368 e. The number of nitrogens with zero attached hydrogens (tertiary/aromatic N) is 1. The smallest absolute Gasteiger partial charge is 0.129 e. The molecule has 1 aromatic rings. The summed E-state index contributed by atoms with van der Waals surface area (Å²) in [6.45, 7) is 5.00.